The predicted molar refractivity (Wildman–Crippen MR) is 86.3 cm³/mol. The van der Waals surface area contributed by atoms with Gasteiger partial charge < -0.3 is 9.73 Å². The maximum Gasteiger partial charge on any atom is 0.191 e. The predicted octanol–water partition coefficient (Wildman–Crippen LogP) is 3.53. The van der Waals surface area contributed by atoms with E-state index in [1.165, 1.54) is 0 Å². The molecule has 0 radical (unpaired) electrons. The topological polar surface area (TPSA) is 49.6 Å². The van der Waals surface area contributed by atoms with Crippen molar-refractivity contribution in [3.8, 4) is 0 Å². The molecule has 5 heteroatoms. The molecule has 1 heterocycles. The number of anilines is 1. The highest BCUT2D eigenvalue weighted by molar-refractivity contribution is 7.80. The van der Waals surface area contributed by atoms with Crippen molar-refractivity contribution in [3.05, 3.63) is 53.0 Å². The van der Waals surface area contributed by atoms with Gasteiger partial charge in [-0.25, -0.2) is 0 Å². The van der Waals surface area contributed by atoms with E-state index in [0.29, 0.717) is 10.9 Å². The molecule has 1 aromatic heterocycles. The van der Waals surface area contributed by atoms with E-state index in [-0.39, 0.29) is 0 Å². The lowest BCUT2D eigenvalue weighted by atomic mass is 10.1. The van der Waals surface area contributed by atoms with E-state index in [4.69, 9.17) is 16.6 Å². The molecule has 0 aliphatic carbocycles. The molecule has 2 aromatic rings. The summed E-state index contributed by atoms with van der Waals surface area (Å²) in [5.74, 6) is 1.53. The molecule has 0 unspecified atom stereocenters. The van der Waals surface area contributed by atoms with Crippen LogP contribution in [-0.4, -0.2) is 11.3 Å². The number of furan rings is 1. The zero-order valence-electron chi connectivity index (χ0n) is 11.7. The van der Waals surface area contributed by atoms with Crippen molar-refractivity contribution in [2.45, 2.75) is 20.8 Å². The Morgan fingerprint density at radius 1 is 1.15 bits per heavy atom. The van der Waals surface area contributed by atoms with Gasteiger partial charge in [-0.3, -0.25) is 5.43 Å². The number of nitrogens with zero attached hydrogens (tertiary/aromatic N) is 1. The second-order valence-corrected chi connectivity index (χ2v) is 4.95. The minimum absolute atomic E-state index is 0.446. The van der Waals surface area contributed by atoms with Crippen molar-refractivity contribution in [2.75, 3.05) is 5.32 Å². The zero-order valence-corrected chi connectivity index (χ0v) is 12.5. The van der Waals surface area contributed by atoms with Crippen LogP contribution < -0.4 is 10.7 Å². The lowest BCUT2D eigenvalue weighted by molar-refractivity contribution is 0.527. The fourth-order valence-electron chi connectivity index (χ4n) is 1.83. The van der Waals surface area contributed by atoms with E-state index in [1.807, 2.05) is 51.1 Å². The van der Waals surface area contributed by atoms with Crippen molar-refractivity contribution < 1.29 is 4.42 Å². The second-order valence-electron chi connectivity index (χ2n) is 4.54. The largest absolute Gasteiger partial charge is 0.460 e. The van der Waals surface area contributed by atoms with E-state index >= 15 is 0 Å². The number of aryl methyl sites for hydroxylation is 3. The lowest BCUT2D eigenvalue weighted by Crippen LogP contribution is -2.24. The molecule has 0 atom stereocenters. The van der Waals surface area contributed by atoms with Crippen LogP contribution in [0.25, 0.3) is 0 Å². The standard InChI is InChI=1S/C15H17N3OS/c1-10-5-4-6-11(2)14(10)17-15(20)18-16-9-13-8-7-12(3)19-13/h4-9H,1-3H3,(H2,17,18,20)/b16-9-. The number of thiocarbonyl (C=S) groups is 1. The van der Waals surface area contributed by atoms with Crippen molar-refractivity contribution in [3.63, 3.8) is 0 Å². The monoisotopic (exact) mass is 287 g/mol. The van der Waals surface area contributed by atoms with Crippen LogP contribution in [0.1, 0.15) is 22.6 Å². The van der Waals surface area contributed by atoms with Crippen LogP contribution in [0.5, 0.6) is 0 Å². The number of benzene rings is 1. The van der Waals surface area contributed by atoms with Crippen LogP contribution in [0.2, 0.25) is 0 Å². The van der Waals surface area contributed by atoms with Crippen molar-refractivity contribution in [1.29, 1.82) is 0 Å². The first kappa shape index (κ1) is 14.3. The molecule has 2 N–H and O–H groups in total. The lowest BCUT2D eigenvalue weighted by Gasteiger charge is -2.12. The number of nitrogens with one attached hydrogen (secondary N) is 2. The molecular weight excluding hydrogens is 270 g/mol. The zero-order chi connectivity index (χ0) is 14.5. The van der Waals surface area contributed by atoms with Gasteiger partial charge in [0.05, 0.1) is 6.21 Å². The third kappa shape index (κ3) is 3.68. The Labute approximate surface area is 123 Å². The van der Waals surface area contributed by atoms with Crippen LogP contribution in [0.4, 0.5) is 5.69 Å². The highest BCUT2D eigenvalue weighted by Gasteiger charge is 2.03. The second kappa shape index (κ2) is 6.34. The van der Waals surface area contributed by atoms with Crippen molar-refractivity contribution >= 4 is 29.2 Å². The first-order valence-electron chi connectivity index (χ1n) is 6.29. The summed E-state index contributed by atoms with van der Waals surface area (Å²) in [6.45, 7) is 5.96. The Morgan fingerprint density at radius 2 is 1.85 bits per heavy atom. The summed E-state index contributed by atoms with van der Waals surface area (Å²) in [7, 11) is 0. The van der Waals surface area contributed by atoms with Gasteiger partial charge in [0.2, 0.25) is 0 Å². The maximum absolute atomic E-state index is 5.37. The van der Waals surface area contributed by atoms with Gasteiger partial charge in [0.25, 0.3) is 0 Å². The minimum atomic E-state index is 0.446. The molecule has 0 aliphatic rings. The van der Waals surface area contributed by atoms with E-state index < -0.39 is 0 Å². The third-order valence-electron chi connectivity index (χ3n) is 2.84. The maximum atomic E-state index is 5.37. The molecule has 4 nitrogen and oxygen atoms in total. The summed E-state index contributed by atoms with van der Waals surface area (Å²) in [5.41, 5.74) is 6.06. The number of rotatable bonds is 3. The van der Waals surface area contributed by atoms with Crippen LogP contribution in [0.15, 0.2) is 39.9 Å². The first-order valence-corrected chi connectivity index (χ1v) is 6.70. The number of para-hydroxylation sites is 1. The number of hydrogen-bond donors (Lipinski definition) is 2. The molecule has 0 aliphatic heterocycles. The summed E-state index contributed by atoms with van der Waals surface area (Å²) >= 11 is 5.21. The molecule has 20 heavy (non-hydrogen) atoms. The molecule has 0 saturated heterocycles. The van der Waals surface area contributed by atoms with Crippen molar-refractivity contribution in [1.82, 2.24) is 5.43 Å². The van der Waals surface area contributed by atoms with Gasteiger partial charge in [-0.15, -0.1) is 0 Å². The summed E-state index contributed by atoms with van der Waals surface area (Å²) in [4.78, 5) is 0. The van der Waals surface area contributed by atoms with Gasteiger partial charge in [0, 0.05) is 5.69 Å². The molecule has 1 aromatic carbocycles. The summed E-state index contributed by atoms with van der Waals surface area (Å²) < 4.78 is 5.37. The van der Waals surface area contributed by atoms with Gasteiger partial charge in [0.1, 0.15) is 11.5 Å². The summed E-state index contributed by atoms with van der Waals surface area (Å²) in [5, 5.41) is 7.63. The Morgan fingerprint density at radius 3 is 2.45 bits per heavy atom. The Kier molecular flexibility index (Phi) is 4.53. The fourth-order valence-corrected chi connectivity index (χ4v) is 1.99. The molecule has 0 amide bonds. The molecular formula is C15H17N3OS. The average Bonchev–Trinajstić information content (AvgIpc) is 2.80. The van der Waals surface area contributed by atoms with Gasteiger partial charge in [-0.1, -0.05) is 18.2 Å². The van der Waals surface area contributed by atoms with E-state index in [9.17, 15) is 0 Å². The Hall–Kier alpha value is -2.14. The molecule has 2 rings (SSSR count). The highest BCUT2D eigenvalue weighted by atomic mass is 32.1. The molecule has 0 fully saturated rings. The van der Waals surface area contributed by atoms with Gasteiger partial charge in [-0.05, 0) is 56.2 Å². The molecule has 0 bridgehead atoms. The normalized spacial score (nSPS) is 10.8. The van der Waals surface area contributed by atoms with E-state index in [0.717, 1.165) is 22.6 Å². The van der Waals surface area contributed by atoms with Crippen LogP contribution in [0.3, 0.4) is 0 Å². The van der Waals surface area contributed by atoms with E-state index in [1.54, 1.807) is 6.21 Å². The fraction of sp³-hybridized carbons (Fsp3) is 0.200. The summed E-state index contributed by atoms with van der Waals surface area (Å²) in [6, 6.07) is 9.82. The van der Waals surface area contributed by atoms with Crippen LogP contribution >= 0.6 is 12.2 Å². The molecule has 0 saturated carbocycles. The SMILES string of the molecule is Cc1ccc(/C=N\NC(=S)Nc2c(C)cccc2C)o1. The van der Waals surface area contributed by atoms with Gasteiger partial charge in [0.15, 0.2) is 5.11 Å². The van der Waals surface area contributed by atoms with Gasteiger partial charge >= 0.3 is 0 Å². The molecule has 0 spiro atoms. The quantitative estimate of drug-likeness (QED) is 0.515. The van der Waals surface area contributed by atoms with Gasteiger partial charge in [-0.2, -0.15) is 5.10 Å². The van der Waals surface area contributed by atoms with Crippen LogP contribution in [0, 0.1) is 20.8 Å². The van der Waals surface area contributed by atoms with Crippen molar-refractivity contribution in [2.24, 2.45) is 5.10 Å². The first-order chi connectivity index (χ1) is 9.56. The average molecular weight is 287 g/mol. The number of hydrogen-bond acceptors (Lipinski definition) is 3. The Bertz CT molecular complexity index is 626. The Balaban J connectivity index is 1.94. The van der Waals surface area contributed by atoms with Crippen LogP contribution in [-0.2, 0) is 0 Å². The highest BCUT2D eigenvalue weighted by Crippen LogP contribution is 2.19. The summed E-state index contributed by atoms with van der Waals surface area (Å²) in [6.07, 6.45) is 1.59. The molecule has 104 valence electrons. The number of hydrazone groups is 1. The minimum Gasteiger partial charge on any atom is -0.460 e. The third-order valence-corrected chi connectivity index (χ3v) is 3.03. The smallest absolute Gasteiger partial charge is 0.191 e. The van der Waals surface area contributed by atoms with E-state index in [2.05, 4.69) is 15.8 Å².